The third-order valence-corrected chi connectivity index (χ3v) is 5.87. The van der Waals surface area contributed by atoms with Gasteiger partial charge in [0.05, 0.1) is 18.8 Å². The van der Waals surface area contributed by atoms with E-state index in [9.17, 15) is 18.0 Å². The molecule has 2 fully saturated rings. The highest BCUT2D eigenvalue weighted by atomic mass is 19.2. The largest absolute Gasteiger partial charge is 0.360 e. The summed E-state index contributed by atoms with van der Waals surface area (Å²) >= 11 is 0. The number of nitrogens with two attached hydrogens (primary N) is 1. The van der Waals surface area contributed by atoms with Crippen LogP contribution < -0.4 is 11.3 Å². The van der Waals surface area contributed by atoms with Crippen molar-refractivity contribution in [1.29, 1.82) is 0 Å². The van der Waals surface area contributed by atoms with Crippen molar-refractivity contribution in [3.63, 3.8) is 0 Å². The average Bonchev–Trinajstić information content (AvgIpc) is 3.36. The van der Waals surface area contributed by atoms with Crippen LogP contribution in [-0.2, 0) is 19.0 Å². The van der Waals surface area contributed by atoms with Crippen molar-refractivity contribution in [2.45, 2.75) is 37.1 Å². The first kappa shape index (κ1) is 22.5. The smallest absolute Gasteiger partial charge is 0.263 e. The molecule has 0 bridgehead atoms. The molecule has 1 amide bonds. The Balaban J connectivity index is 1.46. The first-order valence-corrected chi connectivity index (χ1v) is 10.5. The summed E-state index contributed by atoms with van der Waals surface area (Å²) in [6.07, 6.45) is -1.19. The minimum atomic E-state index is -1.57. The fourth-order valence-electron chi connectivity index (χ4n) is 4.20. The zero-order valence-electron chi connectivity index (χ0n) is 17.6. The van der Waals surface area contributed by atoms with E-state index in [2.05, 4.69) is 15.7 Å². The summed E-state index contributed by atoms with van der Waals surface area (Å²) in [5.74, 6) is 0.518. The van der Waals surface area contributed by atoms with Gasteiger partial charge in [0.1, 0.15) is 24.0 Å². The van der Waals surface area contributed by atoms with Crippen LogP contribution in [0.3, 0.4) is 0 Å². The van der Waals surface area contributed by atoms with Gasteiger partial charge in [0, 0.05) is 17.5 Å². The van der Waals surface area contributed by atoms with Gasteiger partial charge in [-0.05, 0) is 12.1 Å². The van der Waals surface area contributed by atoms with Crippen LogP contribution in [0.5, 0.6) is 0 Å². The normalized spacial score (nSPS) is 26.6. The Morgan fingerprint density at radius 3 is 2.56 bits per heavy atom. The van der Waals surface area contributed by atoms with Gasteiger partial charge in [-0.3, -0.25) is 10.2 Å². The van der Waals surface area contributed by atoms with Crippen LogP contribution in [0.2, 0.25) is 0 Å². The molecule has 0 unspecified atom stereocenters. The quantitative estimate of drug-likeness (QED) is 0.257. The Hall–Kier alpha value is -3.32. The Labute approximate surface area is 191 Å². The van der Waals surface area contributed by atoms with Gasteiger partial charge < -0.3 is 14.2 Å². The predicted octanol–water partition coefficient (Wildman–Crippen LogP) is 2.17. The Morgan fingerprint density at radius 1 is 1.12 bits per heavy atom. The summed E-state index contributed by atoms with van der Waals surface area (Å²) in [6.45, 7) is 0.144. The van der Waals surface area contributed by atoms with E-state index < -0.39 is 54.0 Å². The SMILES string of the molecule is NNC(=O)[C@H]1C[C@@H](n2cc(-c3cc(F)c(F)c(F)c3)nn2)[C@H]2O[C@@H](c3ccccc3)OC[C@H]2O1. The molecule has 5 rings (SSSR count). The zero-order valence-corrected chi connectivity index (χ0v) is 17.6. The number of aromatic nitrogens is 3. The van der Waals surface area contributed by atoms with E-state index in [4.69, 9.17) is 20.1 Å². The number of hydrogen-bond acceptors (Lipinski definition) is 7. The fourth-order valence-corrected chi connectivity index (χ4v) is 4.20. The van der Waals surface area contributed by atoms with Crippen LogP contribution in [0, 0.1) is 17.5 Å². The molecule has 2 saturated heterocycles. The predicted molar refractivity (Wildman–Crippen MR) is 110 cm³/mol. The van der Waals surface area contributed by atoms with E-state index in [0.717, 1.165) is 17.7 Å². The molecule has 2 aromatic carbocycles. The van der Waals surface area contributed by atoms with E-state index in [1.165, 1.54) is 10.9 Å². The lowest BCUT2D eigenvalue weighted by Crippen LogP contribution is -2.56. The molecular weight excluding hydrogens is 455 g/mol. The molecule has 0 aliphatic carbocycles. The average molecular weight is 475 g/mol. The van der Waals surface area contributed by atoms with Crippen molar-refractivity contribution in [2.75, 3.05) is 6.61 Å². The Kier molecular flexibility index (Phi) is 6.04. The van der Waals surface area contributed by atoms with Crippen molar-refractivity contribution < 1.29 is 32.2 Å². The van der Waals surface area contributed by atoms with Crippen LogP contribution in [0.25, 0.3) is 11.3 Å². The summed E-state index contributed by atoms with van der Waals surface area (Å²) in [5.41, 5.74) is 3.01. The number of hydrogen-bond donors (Lipinski definition) is 2. The number of nitrogens with one attached hydrogen (secondary N) is 1. The van der Waals surface area contributed by atoms with Crippen molar-refractivity contribution in [3.05, 3.63) is 71.7 Å². The molecule has 3 aromatic rings. The second-order valence-corrected chi connectivity index (χ2v) is 7.99. The maximum absolute atomic E-state index is 13.7. The summed E-state index contributed by atoms with van der Waals surface area (Å²) in [7, 11) is 0. The molecule has 3 N–H and O–H groups in total. The highest BCUT2D eigenvalue weighted by molar-refractivity contribution is 5.80. The fraction of sp³-hybridized carbons (Fsp3) is 0.318. The summed E-state index contributed by atoms with van der Waals surface area (Å²) in [5, 5.41) is 8.08. The number of amides is 1. The number of halogens is 3. The molecule has 3 heterocycles. The number of fused-ring (bicyclic) bond motifs is 1. The van der Waals surface area contributed by atoms with E-state index in [-0.39, 0.29) is 24.3 Å². The summed E-state index contributed by atoms with van der Waals surface area (Å²) in [6, 6.07) is 10.4. The van der Waals surface area contributed by atoms with E-state index in [1.54, 1.807) is 0 Å². The molecule has 178 valence electrons. The van der Waals surface area contributed by atoms with Crippen LogP contribution in [-0.4, -0.2) is 45.8 Å². The Morgan fingerprint density at radius 2 is 1.85 bits per heavy atom. The van der Waals surface area contributed by atoms with Gasteiger partial charge in [-0.1, -0.05) is 35.5 Å². The van der Waals surface area contributed by atoms with E-state index in [1.807, 2.05) is 30.3 Å². The van der Waals surface area contributed by atoms with Crippen molar-refractivity contribution >= 4 is 5.91 Å². The lowest BCUT2D eigenvalue weighted by molar-refractivity contribution is -0.297. The molecule has 0 radical (unpaired) electrons. The van der Waals surface area contributed by atoms with Crippen molar-refractivity contribution in [1.82, 2.24) is 20.4 Å². The molecule has 9 nitrogen and oxygen atoms in total. The molecule has 0 spiro atoms. The minimum absolute atomic E-state index is 0.0116. The highest BCUT2D eigenvalue weighted by Crippen LogP contribution is 2.39. The minimum Gasteiger partial charge on any atom is -0.360 e. The number of benzene rings is 2. The summed E-state index contributed by atoms with van der Waals surface area (Å²) < 4.78 is 60.1. The topological polar surface area (TPSA) is 114 Å². The van der Waals surface area contributed by atoms with Gasteiger partial charge >= 0.3 is 0 Å². The molecule has 12 heteroatoms. The third-order valence-electron chi connectivity index (χ3n) is 5.87. The lowest BCUT2D eigenvalue weighted by atomic mass is 9.94. The number of carbonyl (C=O) groups is 1. The van der Waals surface area contributed by atoms with Gasteiger partial charge in [0.25, 0.3) is 5.91 Å². The first-order chi connectivity index (χ1) is 16.4. The molecule has 2 aliphatic rings. The highest BCUT2D eigenvalue weighted by Gasteiger charge is 2.47. The molecule has 1 aromatic heterocycles. The van der Waals surface area contributed by atoms with Crippen molar-refractivity contribution in [2.24, 2.45) is 5.84 Å². The van der Waals surface area contributed by atoms with Gasteiger partial charge in [0.15, 0.2) is 23.7 Å². The monoisotopic (exact) mass is 475 g/mol. The number of hydrazine groups is 1. The van der Waals surface area contributed by atoms with Gasteiger partial charge in [-0.2, -0.15) is 0 Å². The molecule has 34 heavy (non-hydrogen) atoms. The molecule has 5 atom stereocenters. The van der Waals surface area contributed by atoms with Crippen LogP contribution >= 0.6 is 0 Å². The number of rotatable bonds is 4. The third kappa shape index (κ3) is 4.16. The molecular formula is C22H20F3N5O4. The second-order valence-electron chi connectivity index (χ2n) is 7.99. The van der Waals surface area contributed by atoms with Crippen LogP contribution in [0.4, 0.5) is 13.2 Å². The van der Waals surface area contributed by atoms with Crippen molar-refractivity contribution in [3.8, 4) is 11.3 Å². The van der Waals surface area contributed by atoms with Gasteiger partial charge in [-0.25, -0.2) is 23.7 Å². The van der Waals surface area contributed by atoms with Gasteiger partial charge in [0.2, 0.25) is 0 Å². The van der Waals surface area contributed by atoms with E-state index in [0.29, 0.717) is 0 Å². The van der Waals surface area contributed by atoms with Crippen LogP contribution in [0.15, 0.2) is 48.7 Å². The maximum Gasteiger partial charge on any atom is 0.263 e. The zero-order chi connectivity index (χ0) is 23.8. The number of carbonyl (C=O) groups excluding carboxylic acids is 1. The number of ether oxygens (including phenoxy) is 3. The second kappa shape index (κ2) is 9.14. The number of nitrogens with zero attached hydrogens (tertiary/aromatic N) is 3. The lowest BCUT2D eigenvalue weighted by Gasteiger charge is -2.45. The van der Waals surface area contributed by atoms with E-state index >= 15 is 0 Å². The molecule has 2 aliphatic heterocycles. The first-order valence-electron chi connectivity index (χ1n) is 10.5. The Bertz CT molecular complexity index is 1170. The maximum atomic E-state index is 13.7. The van der Waals surface area contributed by atoms with Crippen LogP contribution in [0.1, 0.15) is 24.3 Å². The molecule has 0 saturated carbocycles. The summed E-state index contributed by atoms with van der Waals surface area (Å²) in [4.78, 5) is 12.2. The standard InChI is InChI=1S/C22H20F3N5O4/c23-13-6-12(7-14(24)19(13)25)15-9-30(29-28-15)16-8-17(21(31)27-26)33-18-10-32-22(34-20(16)18)11-4-2-1-3-5-11/h1-7,9,16-18,20,22H,8,10,26H2,(H,27,31)/t16-,17-,18-,20-,22+/m1/s1. The van der Waals surface area contributed by atoms with Gasteiger partial charge in [-0.15, -0.1) is 5.10 Å².